The standard InChI is InChI=1S/C17H25N5O2S2/c1-14-21-16(13-25-14)12-22(3)17(18-2)19-9-10-26(23,24)20-11-15-7-5-4-6-8-15/h4-8,13,20H,9-12H2,1-3H3,(H,18,19). The molecule has 142 valence electrons. The summed E-state index contributed by atoms with van der Waals surface area (Å²) >= 11 is 1.60. The van der Waals surface area contributed by atoms with E-state index < -0.39 is 10.0 Å². The molecule has 0 amide bonds. The van der Waals surface area contributed by atoms with Crippen LogP contribution in [0.2, 0.25) is 0 Å². The van der Waals surface area contributed by atoms with Crippen LogP contribution >= 0.6 is 11.3 Å². The Morgan fingerprint density at radius 1 is 1.31 bits per heavy atom. The molecule has 0 aliphatic carbocycles. The predicted molar refractivity (Wildman–Crippen MR) is 107 cm³/mol. The number of nitrogens with one attached hydrogen (secondary N) is 2. The van der Waals surface area contributed by atoms with Crippen molar-refractivity contribution in [1.82, 2.24) is 19.9 Å². The summed E-state index contributed by atoms with van der Waals surface area (Å²) in [7, 11) is 0.207. The van der Waals surface area contributed by atoms with Gasteiger partial charge >= 0.3 is 0 Å². The lowest BCUT2D eigenvalue weighted by atomic mass is 10.2. The molecule has 0 unspecified atom stereocenters. The largest absolute Gasteiger partial charge is 0.355 e. The molecule has 0 saturated heterocycles. The van der Waals surface area contributed by atoms with E-state index in [1.54, 1.807) is 18.4 Å². The smallest absolute Gasteiger partial charge is 0.213 e. The Kier molecular flexibility index (Phi) is 7.55. The van der Waals surface area contributed by atoms with Gasteiger partial charge in [0.25, 0.3) is 0 Å². The highest BCUT2D eigenvalue weighted by Gasteiger charge is 2.12. The third-order valence-corrected chi connectivity index (χ3v) is 5.78. The minimum absolute atomic E-state index is 0.0253. The number of thiazole rings is 1. The Labute approximate surface area is 159 Å². The third-order valence-electron chi connectivity index (χ3n) is 3.63. The fourth-order valence-electron chi connectivity index (χ4n) is 2.34. The summed E-state index contributed by atoms with van der Waals surface area (Å²) < 4.78 is 26.9. The molecule has 0 fully saturated rings. The SMILES string of the molecule is CN=C(NCCS(=O)(=O)NCc1ccccc1)N(C)Cc1csc(C)n1. The van der Waals surface area contributed by atoms with Crippen LogP contribution in [-0.4, -0.2) is 50.7 Å². The van der Waals surface area contributed by atoms with Gasteiger partial charge in [-0.2, -0.15) is 0 Å². The maximum atomic E-state index is 12.1. The number of hydrogen-bond donors (Lipinski definition) is 2. The Bertz CT molecular complexity index is 819. The lowest BCUT2D eigenvalue weighted by Crippen LogP contribution is -2.41. The summed E-state index contributed by atoms with van der Waals surface area (Å²) in [6, 6.07) is 9.44. The summed E-state index contributed by atoms with van der Waals surface area (Å²) in [4.78, 5) is 10.5. The molecule has 2 aromatic rings. The molecule has 1 heterocycles. The predicted octanol–water partition coefficient (Wildman–Crippen LogP) is 1.58. The van der Waals surface area contributed by atoms with Crippen molar-refractivity contribution >= 4 is 27.3 Å². The monoisotopic (exact) mass is 395 g/mol. The van der Waals surface area contributed by atoms with Crippen LogP contribution in [0.4, 0.5) is 0 Å². The van der Waals surface area contributed by atoms with Crippen LogP contribution in [0.15, 0.2) is 40.7 Å². The molecule has 0 aliphatic rings. The van der Waals surface area contributed by atoms with Crippen LogP contribution < -0.4 is 10.0 Å². The molecule has 0 radical (unpaired) electrons. The first kappa shape index (κ1) is 20.3. The number of guanidine groups is 1. The van der Waals surface area contributed by atoms with Crippen molar-refractivity contribution in [3.63, 3.8) is 0 Å². The second-order valence-electron chi connectivity index (χ2n) is 5.81. The van der Waals surface area contributed by atoms with Crippen LogP contribution in [0, 0.1) is 6.92 Å². The topological polar surface area (TPSA) is 86.7 Å². The van der Waals surface area contributed by atoms with Gasteiger partial charge in [0.15, 0.2) is 5.96 Å². The summed E-state index contributed by atoms with van der Waals surface area (Å²) in [5.74, 6) is 0.608. The Balaban J connectivity index is 1.78. The van der Waals surface area contributed by atoms with Crippen LogP contribution in [0.25, 0.3) is 0 Å². The number of aryl methyl sites for hydroxylation is 1. The van der Waals surface area contributed by atoms with E-state index in [-0.39, 0.29) is 12.3 Å². The number of hydrogen-bond acceptors (Lipinski definition) is 5. The normalized spacial score (nSPS) is 12.2. The first-order valence-electron chi connectivity index (χ1n) is 8.23. The van der Waals surface area contributed by atoms with Gasteiger partial charge in [0.2, 0.25) is 10.0 Å². The number of sulfonamides is 1. The van der Waals surface area contributed by atoms with E-state index in [4.69, 9.17) is 0 Å². The van der Waals surface area contributed by atoms with E-state index in [2.05, 4.69) is 20.0 Å². The Morgan fingerprint density at radius 3 is 2.65 bits per heavy atom. The molecular formula is C17H25N5O2S2. The van der Waals surface area contributed by atoms with Crippen LogP contribution in [0.3, 0.4) is 0 Å². The molecule has 2 rings (SSSR count). The molecule has 0 aliphatic heterocycles. The van der Waals surface area contributed by atoms with Crippen molar-refractivity contribution in [2.75, 3.05) is 26.4 Å². The van der Waals surface area contributed by atoms with Crippen LogP contribution in [-0.2, 0) is 23.1 Å². The minimum Gasteiger partial charge on any atom is -0.355 e. The van der Waals surface area contributed by atoms with E-state index in [1.165, 1.54) is 0 Å². The Morgan fingerprint density at radius 2 is 2.04 bits per heavy atom. The number of benzene rings is 1. The quantitative estimate of drug-likeness (QED) is 0.523. The van der Waals surface area contributed by atoms with Crippen LogP contribution in [0.1, 0.15) is 16.3 Å². The fourth-order valence-corrected chi connectivity index (χ4v) is 3.85. The molecule has 1 aromatic heterocycles. The van der Waals surface area contributed by atoms with Crippen LogP contribution in [0.5, 0.6) is 0 Å². The van der Waals surface area contributed by atoms with Gasteiger partial charge in [-0.3, -0.25) is 4.99 Å². The molecular weight excluding hydrogens is 370 g/mol. The summed E-state index contributed by atoms with van der Waals surface area (Å²) in [5, 5.41) is 6.11. The molecule has 1 aromatic carbocycles. The molecule has 0 atom stereocenters. The maximum Gasteiger partial charge on any atom is 0.213 e. The van der Waals surface area contributed by atoms with Gasteiger partial charge in [0, 0.05) is 32.6 Å². The van der Waals surface area contributed by atoms with Crippen molar-refractivity contribution in [3.8, 4) is 0 Å². The van der Waals surface area contributed by atoms with Crippen molar-refractivity contribution in [1.29, 1.82) is 0 Å². The van der Waals surface area contributed by atoms with Gasteiger partial charge in [-0.15, -0.1) is 11.3 Å². The van der Waals surface area contributed by atoms with Crippen molar-refractivity contribution in [2.45, 2.75) is 20.0 Å². The van der Waals surface area contributed by atoms with E-state index in [0.717, 1.165) is 16.3 Å². The fraction of sp³-hybridized carbons (Fsp3) is 0.412. The summed E-state index contributed by atoms with van der Waals surface area (Å²) in [6.45, 7) is 3.15. The zero-order chi connectivity index (χ0) is 19.0. The van der Waals surface area contributed by atoms with Crippen molar-refractivity contribution in [3.05, 3.63) is 52.0 Å². The van der Waals surface area contributed by atoms with Gasteiger partial charge in [-0.25, -0.2) is 18.1 Å². The van der Waals surface area contributed by atoms with E-state index in [0.29, 0.717) is 19.0 Å². The Hall–Kier alpha value is -1.97. The lowest BCUT2D eigenvalue weighted by molar-refractivity contribution is 0.472. The summed E-state index contributed by atoms with van der Waals surface area (Å²) in [6.07, 6.45) is 0. The van der Waals surface area contributed by atoms with E-state index in [9.17, 15) is 8.42 Å². The van der Waals surface area contributed by atoms with Gasteiger partial charge < -0.3 is 10.2 Å². The van der Waals surface area contributed by atoms with Gasteiger partial charge in [0.1, 0.15) is 0 Å². The van der Waals surface area contributed by atoms with Gasteiger partial charge in [-0.05, 0) is 12.5 Å². The average Bonchev–Trinajstić information content (AvgIpc) is 3.02. The lowest BCUT2D eigenvalue weighted by Gasteiger charge is -2.21. The number of nitrogens with zero attached hydrogens (tertiary/aromatic N) is 3. The first-order valence-corrected chi connectivity index (χ1v) is 10.8. The zero-order valence-corrected chi connectivity index (χ0v) is 16.9. The van der Waals surface area contributed by atoms with E-state index >= 15 is 0 Å². The van der Waals surface area contributed by atoms with Crippen molar-refractivity contribution in [2.24, 2.45) is 4.99 Å². The van der Waals surface area contributed by atoms with E-state index in [1.807, 2.05) is 54.6 Å². The molecule has 0 bridgehead atoms. The molecule has 9 heteroatoms. The second-order valence-corrected chi connectivity index (χ2v) is 8.80. The maximum absolute atomic E-state index is 12.1. The molecule has 2 N–H and O–H groups in total. The molecule has 0 spiro atoms. The minimum atomic E-state index is -3.36. The third kappa shape index (κ3) is 6.74. The molecule has 0 saturated carbocycles. The second kappa shape index (κ2) is 9.65. The number of rotatable bonds is 8. The highest BCUT2D eigenvalue weighted by molar-refractivity contribution is 7.89. The number of aliphatic imine (C=N–C) groups is 1. The molecule has 26 heavy (non-hydrogen) atoms. The van der Waals surface area contributed by atoms with Crippen molar-refractivity contribution < 1.29 is 8.42 Å². The highest BCUT2D eigenvalue weighted by Crippen LogP contribution is 2.09. The average molecular weight is 396 g/mol. The van der Waals surface area contributed by atoms with Gasteiger partial charge in [0.05, 0.1) is 23.0 Å². The van der Waals surface area contributed by atoms with Gasteiger partial charge in [-0.1, -0.05) is 30.3 Å². The molecule has 7 nitrogen and oxygen atoms in total. The highest BCUT2D eigenvalue weighted by atomic mass is 32.2. The zero-order valence-electron chi connectivity index (χ0n) is 15.3. The number of aromatic nitrogens is 1. The first-order chi connectivity index (χ1) is 12.4. The summed E-state index contributed by atoms with van der Waals surface area (Å²) in [5.41, 5.74) is 1.90.